The molecule has 0 amide bonds. The molecular weight excluding hydrogens is 236 g/mol. The van der Waals surface area contributed by atoms with E-state index in [9.17, 15) is 5.21 Å². The van der Waals surface area contributed by atoms with Crippen LogP contribution < -0.4 is 10.0 Å². The first-order valence-corrected chi connectivity index (χ1v) is 7.65. The van der Waals surface area contributed by atoms with E-state index in [4.69, 9.17) is 0 Å². The van der Waals surface area contributed by atoms with Crippen molar-refractivity contribution in [2.45, 2.75) is 50.6 Å². The van der Waals surface area contributed by atoms with Crippen LogP contribution in [0.2, 0.25) is 0 Å². The van der Waals surface area contributed by atoms with Gasteiger partial charge in [0.05, 0.1) is 0 Å². The molecule has 4 aliphatic carbocycles. The number of hydrogen-bond donors (Lipinski definition) is 2. The van der Waals surface area contributed by atoms with Gasteiger partial charge in [0.25, 0.3) is 0 Å². The Bertz CT molecular complexity index is 433. The smallest absolute Gasteiger partial charge is 0.222 e. The zero-order chi connectivity index (χ0) is 12.9. The fourth-order valence-corrected chi connectivity index (χ4v) is 5.18. The third-order valence-corrected chi connectivity index (χ3v) is 5.59. The van der Waals surface area contributed by atoms with Gasteiger partial charge in [-0.2, -0.15) is 0 Å². The number of nitrogens with zero attached hydrogens (tertiary/aromatic N) is 1. The summed E-state index contributed by atoms with van der Waals surface area (Å²) < 4.78 is 1.11. The summed E-state index contributed by atoms with van der Waals surface area (Å²) >= 11 is 0. The van der Waals surface area contributed by atoms with E-state index in [1.54, 1.807) is 12.4 Å². The Balaban J connectivity index is 1.46. The summed E-state index contributed by atoms with van der Waals surface area (Å²) in [6, 6.07) is 3.99. The van der Waals surface area contributed by atoms with Crippen molar-refractivity contribution < 1.29 is 9.94 Å². The minimum atomic E-state index is 0.430. The predicted octanol–water partition coefficient (Wildman–Crippen LogP) is 2.27. The molecular formula is C16H23N2O+. The Hall–Kier alpha value is -1.09. The maximum absolute atomic E-state index is 9.25. The molecule has 4 saturated carbocycles. The second kappa shape index (κ2) is 4.20. The van der Waals surface area contributed by atoms with E-state index < -0.39 is 0 Å². The van der Waals surface area contributed by atoms with Gasteiger partial charge in [0, 0.05) is 28.9 Å². The van der Waals surface area contributed by atoms with Crippen LogP contribution >= 0.6 is 0 Å². The Morgan fingerprint density at radius 2 is 1.58 bits per heavy atom. The molecule has 0 spiro atoms. The average molecular weight is 259 g/mol. The topological polar surface area (TPSA) is 36.1 Å². The Labute approximate surface area is 114 Å². The highest BCUT2D eigenvalue weighted by Crippen LogP contribution is 2.55. The molecule has 1 heterocycles. The van der Waals surface area contributed by atoms with Crippen LogP contribution in [0.5, 0.6) is 0 Å². The van der Waals surface area contributed by atoms with Crippen molar-refractivity contribution in [2.75, 3.05) is 0 Å². The maximum Gasteiger partial charge on any atom is 0.222 e. The zero-order valence-electron chi connectivity index (χ0n) is 11.4. The summed E-state index contributed by atoms with van der Waals surface area (Å²) in [5, 5.41) is 13.1. The molecule has 0 unspecified atom stereocenters. The van der Waals surface area contributed by atoms with Gasteiger partial charge in [0.15, 0.2) is 0 Å². The first-order chi connectivity index (χ1) is 9.21. The van der Waals surface area contributed by atoms with E-state index >= 15 is 0 Å². The molecule has 1 aromatic rings. The van der Waals surface area contributed by atoms with Crippen molar-refractivity contribution in [3.8, 4) is 0 Å². The number of rotatable bonds is 3. The molecule has 3 nitrogen and oxygen atoms in total. The van der Waals surface area contributed by atoms with Crippen LogP contribution in [0.4, 0.5) is 0 Å². The minimum absolute atomic E-state index is 0.430. The predicted molar refractivity (Wildman–Crippen MR) is 71.6 cm³/mol. The summed E-state index contributed by atoms with van der Waals surface area (Å²) in [5.74, 6) is 2.98. The monoisotopic (exact) mass is 259 g/mol. The van der Waals surface area contributed by atoms with Gasteiger partial charge in [-0.1, -0.05) is 0 Å². The molecule has 0 atom stereocenters. The van der Waals surface area contributed by atoms with E-state index in [-0.39, 0.29) is 0 Å². The molecule has 0 radical (unpaired) electrons. The highest BCUT2D eigenvalue weighted by atomic mass is 16.5. The number of aromatic nitrogens is 1. The van der Waals surface area contributed by atoms with E-state index in [2.05, 4.69) is 5.32 Å². The van der Waals surface area contributed by atoms with Gasteiger partial charge in [0.2, 0.25) is 12.4 Å². The third kappa shape index (κ3) is 2.14. The lowest BCUT2D eigenvalue weighted by atomic mass is 9.53. The molecule has 0 aliphatic heterocycles. The lowest BCUT2D eigenvalue weighted by Gasteiger charge is -2.57. The summed E-state index contributed by atoms with van der Waals surface area (Å²) in [4.78, 5) is 0. The van der Waals surface area contributed by atoms with Crippen LogP contribution in [0.1, 0.15) is 44.1 Å². The van der Waals surface area contributed by atoms with Crippen LogP contribution in [0.25, 0.3) is 0 Å². The lowest BCUT2D eigenvalue weighted by Crippen LogP contribution is -2.58. The average Bonchev–Trinajstić information content (AvgIpc) is 2.36. The number of hydrogen-bond acceptors (Lipinski definition) is 2. The highest BCUT2D eigenvalue weighted by molar-refractivity contribution is 5.11. The Kier molecular flexibility index (Phi) is 2.59. The highest BCUT2D eigenvalue weighted by Gasteiger charge is 2.50. The number of pyridine rings is 1. The Morgan fingerprint density at radius 3 is 2.11 bits per heavy atom. The second-order valence-electron chi connectivity index (χ2n) is 7.14. The van der Waals surface area contributed by atoms with Crippen LogP contribution in [0.15, 0.2) is 24.5 Å². The molecule has 19 heavy (non-hydrogen) atoms. The minimum Gasteiger partial charge on any atom is -0.307 e. The third-order valence-electron chi connectivity index (χ3n) is 5.59. The van der Waals surface area contributed by atoms with Crippen LogP contribution in [0.3, 0.4) is 0 Å². The summed E-state index contributed by atoms with van der Waals surface area (Å²) in [5.41, 5.74) is 1.70. The molecule has 102 valence electrons. The van der Waals surface area contributed by atoms with Crippen molar-refractivity contribution in [1.82, 2.24) is 5.32 Å². The van der Waals surface area contributed by atoms with Crippen LogP contribution in [-0.4, -0.2) is 10.7 Å². The fourth-order valence-electron chi connectivity index (χ4n) is 5.18. The number of nitrogens with one attached hydrogen (secondary N) is 1. The molecule has 0 saturated heterocycles. The summed E-state index contributed by atoms with van der Waals surface area (Å²) in [7, 11) is 0. The molecule has 0 aromatic carbocycles. The molecule has 4 bridgehead atoms. The van der Waals surface area contributed by atoms with Gasteiger partial charge in [0.1, 0.15) is 0 Å². The standard InChI is InChI=1S/C16H23N2O/c19-18-3-1-12(2-4-18)11-17-16-8-13-5-14(9-16)7-15(6-13)10-16/h1-4,13-15,17,19H,5-11H2/q+1. The molecule has 4 fully saturated rings. The van der Waals surface area contributed by atoms with Crippen LogP contribution in [-0.2, 0) is 6.54 Å². The van der Waals surface area contributed by atoms with Gasteiger partial charge >= 0.3 is 0 Å². The van der Waals surface area contributed by atoms with Gasteiger partial charge in [-0.3, -0.25) is 5.21 Å². The molecule has 4 aliphatic rings. The van der Waals surface area contributed by atoms with Crippen molar-refractivity contribution in [3.05, 3.63) is 30.1 Å². The van der Waals surface area contributed by atoms with Crippen LogP contribution in [0, 0.1) is 17.8 Å². The Morgan fingerprint density at radius 1 is 1.05 bits per heavy atom. The van der Waals surface area contributed by atoms with E-state index in [1.807, 2.05) is 12.1 Å². The second-order valence-corrected chi connectivity index (χ2v) is 7.14. The van der Waals surface area contributed by atoms with E-state index in [0.717, 1.165) is 29.0 Å². The normalized spacial score (nSPS) is 39.7. The maximum atomic E-state index is 9.25. The quantitative estimate of drug-likeness (QED) is 0.645. The van der Waals surface area contributed by atoms with Gasteiger partial charge in [-0.25, -0.2) is 0 Å². The molecule has 3 heteroatoms. The summed E-state index contributed by atoms with van der Waals surface area (Å²) in [6.45, 7) is 0.938. The zero-order valence-corrected chi connectivity index (χ0v) is 11.4. The largest absolute Gasteiger partial charge is 0.307 e. The molecule has 2 N–H and O–H groups in total. The van der Waals surface area contributed by atoms with Gasteiger partial charge in [-0.05, 0) is 61.8 Å². The van der Waals surface area contributed by atoms with Crippen molar-refractivity contribution in [3.63, 3.8) is 0 Å². The van der Waals surface area contributed by atoms with Gasteiger partial charge < -0.3 is 5.32 Å². The van der Waals surface area contributed by atoms with E-state index in [1.165, 1.54) is 44.1 Å². The first-order valence-electron chi connectivity index (χ1n) is 7.65. The van der Waals surface area contributed by atoms with Gasteiger partial charge in [-0.15, -0.1) is 0 Å². The van der Waals surface area contributed by atoms with Crippen molar-refractivity contribution >= 4 is 0 Å². The van der Waals surface area contributed by atoms with Crippen molar-refractivity contribution in [1.29, 1.82) is 0 Å². The SMILES string of the molecule is O[n+]1ccc(CNC23CC4CC(CC(C4)C2)C3)cc1. The fraction of sp³-hybridized carbons (Fsp3) is 0.688. The van der Waals surface area contributed by atoms with Crippen molar-refractivity contribution in [2.24, 2.45) is 17.8 Å². The summed E-state index contributed by atoms with van der Waals surface area (Å²) in [6.07, 6.45) is 12.1. The molecule has 5 rings (SSSR count). The van der Waals surface area contributed by atoms with E-state index in [0.29, 0.717) is 5.54 Å². The molecule has 1 aromatic heterocycles. The first kappa shape index (κ1) is 11.7. The lowest BCUT2D eigenvalue weighted by molar-refractivity contribution is -0.904.